The molecule has 0 spiro atoms. The minimum atomic E-state index is 0.0792. The Morgan fingerprint density at radius 1 is 1.00 bits per heavy atom. The normalized spacial score (nSPS) is 15.0. The quantitative estimate of drug-likeness (QED) is 0.652. The highest BCUT2D eigenvalue weighted by Crippen LogP contribution is 2.21. The van der Waals surface area contributed by atoms with Crippen LogP contribution in [0.2, 0.25) is 0 Å². The molecule has 0 radical (unpaired) electrons. The molecule has 150 valence electrons. The highest BCUT2D eigenvalue weighted by Gasteiger charge is 2.24. The maximum Gasteiger partial charge on any atom is 0.253 e. The van der Waals surface area contributed by atoms with Crippen molar-refractivity contribution in [2.24, 2.45) is 5.92 Å². The number of ether oxygens (including phenoxy) is 1. The lowest BCUT2D eigenvalue weighted by molar-refractivity contribution is 0.0478. The Labute approximate surface area is 171 Å². The van der Waals surface area contributed by atoms with E-state index in [1.54, 1.807) is 0 Å². The molecular weight excluding hydrogens is 362 g/mol. The molecule has 2 aromatic carbocycles. The lowest BCUT2D eigenvalue weighted by Gasteiger charge is -2.32. The summed E-state index contributed by atoms with van der Waals surface area (Å²) in [4.78, 5) is 24.0. The van der Waals surface area contributed by atoms with Crippen LogP contribution in [0, 0.1) is 19.8 Å². The van der Waals surface area contributed by atoms with Gasteiger partial charge in [-0.1, -0.05) is 30.3 Å². The number of fused-ring (bicyclic) bond motifs is 1. The predicted octanol–water partition coefficient (Wildman–Crippen LogP) is 4.32. The van der Waals surface area contributed by atoms with E-state index in [1.165, 1.54) is 5.56 Å². The van der Waals surface area contributed by atoms with Gasteiger partial charge in [0.1, 0.15) is 0 Å². The van der Waals surface area contributed by atoms with Gasteiger partial charge in [0.05, 0.1) is 29.0 Å². The zero-order chi connectivity index (χ0) is 20.2. The molecule has 1 aliphatic rings. The van der Waals surface area contributed by atoms with Crippen molar-refractivity contribution < 1.29 is 9.53 Å². The summed E-state index contributed by atoms with van der Waals surface area (Å²) in [6.07, 6.45) is 1.96. The fraction of sp³-hybridized carbons (Fsp3) is 0.375. The molecule has 1 amide bonds. The summed E-state index contributed by atoms with van der Waals surface area (Å²) in [5.74, 6) is 0.589. The van der Waals surface area contributed by atoms with Gasteiger partial charge in [-0.05, 0) is 56.4 Å². The number of hydrogen-bond acceptors (Lipinski definition) is 4. The topological polar surface area (TPSA) is 55.3 Å². The van der Waals surface area contributed by atoms with Crippen molar-refractivity contribution in [3.63, 3.8) is 0 Å². The van der Waals surface area contributed by atoms with Crippen molar-refractivity contribution in [2.45, 2.75) is 33.3 Å². The maximum absolute atomic E-state index is 12.9. The first kappa shape index (κ1) is 19.5. The van der Waals surface area contributed by atoms with Gasteiger partial charge in [-0.2, -0.15) is 0 Å². The number of carbonyl (C=O) groups excluding carboxylic acids is 1. The number of benzene rings is 2. The maximum atomic E-state index is 12.9. The second-order valence-corrected chi connectivity index (χ2v) is 7.83. The van der Waals surface area contributed by atoms with Crippen molar-refractivity contribution in [3.8, 4) is 0 Å². The third-order valence-electron chi connectivity index (χ3n) is 5.69. The molecule has 2 heterocycles. The Bertz CT molecular complexity index is 996. The number of amides is 1. The second kappa shape index (κ2) is 8.70. The molecular formula is C24H27N3O2. The number of nitrogens with zero attached hydrogens (tertiary/aromatic N) is 3. The van der Waals surface area contributed by atoms with Crippen LogP contribution in [0.25, 0.3) is 11.0 Å². The van der Waals surface area contributed by atoms with Gasteiger partial charge in [-0.15, -0.1) is 0 Å². The van der Waals surface area contributed by atoms with E-state index in [2.05, 4.69) is 22.1 Å². The molecule has 0 saturated carbocycles. The molecule has 0 unspecified atom stereocenters. The van der Waals surface area contributed by atoms with Crippen LogP contribution in [0.3, 0.4) is 0 Å². The predicted molar refractivity (Wildman–Crippen MR) is 114 cm³/mol. The third kappa shape index (κ3) is 4.62. The van der Waals surface area contributed by atoms with Crippen molar-refractivity contribution in [1.29, 1.82) is 0 Å². The van der Waals surface area contributed by atoms with E-state index >= 15 is 0 Å². The molecule has 1 aliphatic heterocycles. The van der Waals surface area contributed by atoms with Gasteiger partial charge < -0.3 is 9.64 Å². The van der Waals surface area contributed by atoms with Crippen LogP contribution in [0.1, 0.15) is 40.2 Å². The third-order valence-corrected chi connectivity index (χ3v) is 5.69. The van der Waals surface area contributed by atoms with Crippen LogP contribution >= 0.6 is 0 Å². The van der Waals surface area contributed by atoms with Crippen LogP contribution < -0.4 is 0 Å². The fourth-order valence-corrected chi connectivity index (χ4v) is 3.77. The number of rotatable bonds is 5. The molecule has 1 fully saturated rings. The van der Waals surface area contributed by atoms with E-state index in [0.29, 0.717) is 18.1 Å². The van der Waals surface area contributed by atoms with Gasteiger partial charge in [0.2, 0.25) is 0 Å². The molecule has 0 aliphatic carbocycles. The highest BCUT2D eigenvalue weighted by molar-refractivity contribution is 5.97. The summed E-state index contributed by atoms with van der Waals surface area (Å²) in [6, 6.07) is 15.9. The molecule has 1 saturated heterocycles. The number of aryl methyl sites for hydroxylation is 2. The van der Waals surface area contributed by atoms with E-state index < -0.39 is 0 Å². The lowest BCUT2D eigenvalue weighted by Crippen LogP contribution is -2.39. The summed E-state index contributed by atoms with van der Waals surface area (Å²) < 4.78 is 5.89. The van der Waals surface area contributed by atoms with E-state index in [0.717, 1.165) is 55.0 Å². The Morgan fingerprint density at radius 2 is 1.69 bits per heavy atom. The van der Waals surface area contributed by atoms with Crippen molar-refractivity contribution in [1.82, 2.24) is 14.9 Å². The average molecular weight is 389 g/mol. The lowest BCUT2D eigenvalue weighted by atomic mass is 9.97. The Kier molecular flexibility index (Phi) is 5.86. The summed E-state index contributed by atoms with van der Waals surface area (Å²) in [6.45, 7) is 6.84. The standard InChI is InChI=1S/C24H27N3O2/c1-17-18(2)26-23-14-21(8-9-22(23)25-17)24(28)27-12-10-20(11-13-27)16-29-15-19-6-4-3-5-7-19/h3-9,14,20H,10-13,15-16H2,1-2H3. The van der Waals surface area contributed by atoms with Gasteiger partial charge in [-0.25, -0.2) is 9.97 Å². The van der Waals surface area contributed by atoms with E-state index in [9.17, 15) is 4.79 Å². The largest absolute Gasteiger partial charge is 0.376 e. The monoisotopic (exact) mass is 389 g/mol. The molecule has 0 atom stereocenters. The molecule has 0 bridgehead atoms. The second-order valence-electron chi connectivity index (χ2n) is 7.83. The van der Waals surface area contributed by atoms with Crippen molar-refractivity contribution in [3.05, 3.63) is 71.0 Å². The van der Waals surface area contributed by atoms with E-state index in [4.69, 9.17) is 4.74 Å². The molecule has 3 aromatic rings. The van der Waals surface area contributed by atoms with Gasteiger partial charge in [-0.3, -0.25) is 4.79 Å². The molecule has 29 heavy (non-hydrogen) atoms. The number of carbonyl (C=O) groups is 1. The van der Waals surface area contributed by atoms with Crippen LogP contribution in [0.4, 0.5) is 0 Å². The molecule has 4 rings (SSSR count). The summed E-state index contributed by atoms with van der Waals surface area (Å²) in [5.41, 5.74) is 5.33. The molecule has 1 aromatic heterocycles. The number of hydrogen-bond donors (Lipinski definition) is 0. The minimum absolute atomic E-state index is 0.0792. The Morgan fingerprint density at radius 3 is 2.41 bits per heavy atom. The first-order valence-corrected chi connectivity index (χ1v) is 10.3. The van der Waals surface area contributed by atoms with Crippen LogP contribution in [-0.4, -0.2) is 40.5 Å². The van der Waals surface area contributed by atoms with E-state index in [1.807, 2.05) is 55.1 Å². The summed E-state index contributed by atoms with van der Waals surface area (Å²) >= 11 is 0. The first-order chi connectivity index (χ1) is 14.1. The van der Waals surface area contributed by atoms with Crippen LogP contribution in [0.15, 0.2) is 48.5 Å². The number of piperidine rings is 1. The smallest absolute Gasteiger partial charge is 0.253 e. The average Bonchev–Trinajstić information content (AvgIpc) is 2.75. The summed E-state index contributed by atoms with van der Waals surface area (Å²) in [5, 5.41) is 0. The van der Waals surface area contributed by atoms with Gasteiger partial charge in [0.15, 0.2) is 0 Å². The van der Waals surface area contributed by atoms with Gasteiger partial charge in [0, 0.05) is 25.3 Å². The minimum Gasteiger partial charge on any atom is -0.376 e. The highest BCUT2D eigenvalue weighted by atomic mass is 16.5. The molecule has 0 N–H and O–H groups in total. The zero-order valence-corrected chi connectivity index (χ0v) is 17.1. The molecule has 5 heteroatoms. The summed E-state index contributed by atoms with van der Waals surface area (Å²) in [7, 11) is 0. The van der Waals surface area contributed by atoms with Gasteiger partial charge >= 0.3 is 0 Å². The number of aromatic nitrogens is 2. The van der Waals surface area contributed by atoms with Crippen molar-refractivity contribution >= 4 is 16.9 Å². The van der Waals surface area contributed by atoms with E-state index in [-0.39, 0.29) is 5.91 Å². The Hall–Kier alpha value is -2.79. The fourth-order valence-electron chi connectivity index (χ4n) is 3.77. The zero-order valence-electron chi connectivity index (χ0n) is 17.1. The Balaban J connectivity index is 1.32. The van der Waals surface area contributed by atoms with Crippen LogP contribution in [-0.2, 0) is 11.3 Å². The van der Waals surface area contributed by atoms with Gasteiger partial charge in [0.25, 0.3) is 5.91 Å². The van der Waals surface area contributed by atoms with Crippen LogP contribution in [0.5, 0.6) is 0 Å². The molecule has 5 nitrogen and oxygen atoms in total. The first-order valence-electron chi connectivity index (χ1n) is 10.3. The SMILES string of the molecule is Cc1nc2ccc(C(=O)N3CCC(COCc4ccccc4)CC3)cc2nc1C. The van der Waals surface area contributed by atoms with Crippen molar-refractivity contribution in [2.75, 3.05) is 19.7 Å². The number of likely N-dealkylation sites (tertiary alicyclic amines) is 1.